The molecule has 0 spiro atoms. The average molecular weight is 432 g/mol. The van der Waals surface area contributed by atoms with Gasteiger partial charge in [0.05, 0.1) is 5.92 Å². The highest BCUT2D eigenvalue weighted by Crippen LogP contribution is 2.49. The van der Waals surface area contributed by atoms with Crippen LogP contribution in [0.5, 0.6) is 0 Å². The van der Waals surface area contributed by atoms with Crippen molar-refractivity contribution in [1.82, 2.24) is 15.8 Å². The van der Waals surface area contributed by atoms with E-state index in [2.05, 4.69) is 17.8 Å². The number of hydrogen-bond donors (Lipinski definition) is 3. The fraction of sp³-hybridized carbons (Fsp3) is 0.955. The van der Waals surface area contributed by atoms with Gasteiger partial charge in [0.25, 0.3) is 0 Å². The van der Waals surface area contributed by atoms with E-state index in [0.717, 1.165) is 38.6 Å². The smallest absolute Gasteiger partial charge is 0.392 e. The van der Waals surface area contributed by atoms with Crippen LogP contribution in [0.1, 0.15) is 58.3 Å². The van der Waals surface area contributed by atoms with Crippen LogP contribution in [0, 0.1) is 35.5 Å². The van der Waals surface area contributed by atoms with E-state index in [1.165, 1.54) is 0 Å². The molecule has 4 rings (SSSR count). The second-order valence-electron chi connectivity index (χ2n) is 10.2. The first-order valence-electron chi connectivity index (χ1n) is 11.8. The summed E-state index contributed by atoms with van der Waals surface area (Å²) in [6, 6.07) is 0.329. The molecule has 5 nitrogen and oxygen atoms in total. The quantitative estimate of drug-likeness (QED) is 0.626. The molecular weight excluding hydrogens is 395 g/mol. The summed E-state index contributed by atoms with van der Waals surface area (Å²) in [6.45, 7) is 3.47. The molecule has 2 aliphatic carbocycles. The Morgan fingerprint density at radius 1 is 1.20 bits per heavy atom. The molecule has 4 aliphatic rings. The Morgan fingerprint density at radius 2 is 1.97 bits per heavy atom. The Balaban J connectivity index is 1.39. The van der Waals surface area contributed by atoms with Crippen LogP contribution in [0.3, 0.4) is 0 Å². The van der Waals surface area contributed by atoms with Gasteiger partial charge in [-0.2, -0.15) is 13.2 Å². The molecule has 2 aliphatic heterocycles. The molecular formula is C22H36F3N3O2. The number of likely N-dealkylation sites (tertiary alicyclic amines) is 1. The summed E-state index contributed by atoms with van der Waals surface area (Å²) < 4.78 is 40.6. The van der Waals surface area contributed by atoms with E-state index in [4.69, 9.17) is 0 Å². The SMILES string of the molecule is C[C@H](CC1NNCC1CO)C1CCCC(N2CC3C(CCCC3C(F)(F)F)C2=O)C1. The van der Waals surface area contributed by atoms with E-state index >= 15 is 0 Å². The number of carbonyl (C=O) groups excluding carboxylic acids is 1. The van der Waals surface area contributed by atoms with Gasteiger partial charge in [-0.3, -0.25) is 15.6 Å². The average Bonchev–Trinajstić information content (AvgIpc) is 3.31. The van der Waals surface area contributed by atoms with Crippen LogP contribution in [0.4, 0.5) is 13.2 Å². The Labute approximate surface area is 177 Å². The van der Waals surface area contributed by atoms with E-state index in [0.29, 0.717) is 31.2 Å². The predicted molar refractivity (Wildman–Crippen MR) is 107 cm³/mol. The van der Waals surface area contributed by atoms with Gasteiger partial charge in [-0.25, -0.2) is 0 Å². The summed E-state index contributed by atoms with van der Waals surface area (Å²) in [5, 5.41) is 9.55. The summed E-state index contributed by atoms with van der Waals surface area (Å²) >= 11 is 0. The van der Waals surface area contributed by atoms with Crippen molar-refractivity contribution >= 4 is 5.91 Å². The lowest BCUT2D eigenvalue weighted by Gasteiger charge is -2.39. The van der Waals surface area contributed by atoms with Crippen molar-refractivity contribution in [3.63, 3.8) is 0 Å². The molecule has 1 amide bonds. The molecule has 8 atom stereocenters. The molecule has 0 aromatic rings. The molecule has 0 aromatic heterocycles. The maximum atomic E-state index is 13.5. The minimum atomic E-state index is -4.20. The molecule has 2 saturated carbocycles. The number of fused-ring (bicyclic) bond motifs is 1. The van der Waals surface area contributed by atoms with Crippen LogP contribution in [0.2, 0.25) is 0 Å². The first kappa shape index (κ1) is 22.3. The van der Waals surface area contributed by atoms with Gasteiger partial charge in [-0.05, 0) is 49.9 Å². The number of aliphatic hydroxyl groups excluding tert-OH is 1. The van der Waals surface area contributed by atoms with E-state index in [9.17, 15) is 23.1 Å². The number of nitrogens with one attached hydrogen (secondary N) is 2. The molecule has 2 heterocycles. The first-order chi connectivity index (χ1) is 14.3. The molecule has 0 bridgehead atoms. The fourth-order valence-corrected chi connectivity index (χ4v) is 6.71. The first-order valence-corrected chi connectivity index (χ1v) is 11.8. The Morgan fingerprint density at radius 3 is 2.70 bits per heavy atom. The van der Waals surface area contributed by atoms with Crippen LogP contribution in [0.25, 0.3) is 0 Å². The van der Waals surface area contributed by atoms with E-state index < -0.39 is 23.9 Å². The fourth-order valence-electron chi connectivity index (χ4n) is 6.71. The maximum Gasteiger partial charge on any atom is 0.392 e. The lowest BCUT2D eigenvalue weighted by atomic mass is 9.73. The van der Waals surface area contributed by atoms with Crippen LogP contribution in [0.15, 0.2) is 0 Å². The number of rotatable bonds is 5. The zero-order valence-electron chi connectivity index (χ0n) is 17.8. The van der Waals surface area contributed by atoms with Gasteiger partial charge >= 0.3 is 6.18 Å². The van der Waals surface area contributed by atoms with Crippen molar-refractivity contribution in [2.75, 3.05) is 19.7 Å². The normalized spacial score (nSPS) is 41.2. The van der Waals surface area contributed by atoms with Gasteiger partial charge in [-0.1, -0.05) is 26.2 Å². The largest absolute Gasteiger partial charge is 0.396 e. The summed E-state index contributed by atoms with van der Waals surface area (Å²) in [4.78, 5) is 14.9. The number of halogens is 3. The maximum absolute atomic E-state index is 13.5. The number of hydrogen-bond acceptors (Lipinski definition) is 4. The molecule has 4 fully saturated rings. The zero-order chi connectivity index (χ0) is 21.5. The van der Waals surface area contributed by atoms with Gasteiger partial charge in [0.1, 0.15) is 0 Å². The van der Waals surface area contributed by atoms with Crippen molar-refractivity contribution in [1.29, 1.82) is 0 Å². The van der Waals surface area contributed by atoms with Gasteiger partial charge < -0.3 is 10.0 Å². The van der Waals surface area contributed by atoms with Crippen molar-refractivity contribution in [2.45, 2.75) is 76.6 Å². The third-order valence-electron chi connectivity index (χ3n) is 8.51. The van der Waals surface area contributed by atoms with Gasteiger partial charge in [0.15, 0.2) is 0 Å². The number of nitrogens with zero attached hydrogens (tertiary/aromatic N) is 1. The van der Waals surface area contributed by atoms with E-state index in [1.54, 1.807) is 0 Å². The monoisotopic (exact) mass is 431 g/mol. The third-order valence-corrected chi connectivity index (χ3v) is 8.51. The van der Waals surface area contributed by atoms with E-state index in [1.807, 2.05) is 4.90 Å². The minimum absolute atomic E-state index is 0.0192. The number of amides is 1. The van der Waals surface area contributed by atoms with Crippen molar-refractivity contribution < 1.29 is 23.1 Å². The van der Waals surface area contributed by atoms with Gasteiger partial charge in [0, 0.05) is 43.6 Å². The van der Waals surface area contributed by atoms with Crippen LogP contribution < -0.4 is 10.9 Å². The molecule has 172 valence electrons. The zero-order valence-corrected chi connectivity index (χ0v) is 17.8. The highest BCUT2D eigenvalue weighted by Gasteiger charge is 2.55. The highest BCUT2D eigenvalue weighted by molar-refractivity contribution is 5.82. The van der Waals surface area contributed by atoms with Gasteiger partial charge in [-0.15, -0.1) is 0 Å². The molecule has 3 N–H and O–H groups in total. The molecule has 0 radical (unpaired) electrons. The number of aliphatic hydroxyl groups is 1. The summed E-state index contributed by atoms with van der Waals surface area (Å²) in [5.74, 6) is -1.18. The number of carbonyl (C=O) groups is 1. The number of hydrazine groups is 1. The minimum Gasteiger partial charge on any atom is -0.396 e. The number of alkyl halides is 3. The molecule has 2 saturated heterocycles. The molecule has 30 heavy (non-hydrogen) atoms. The topological polar surface area (TPSA) is 64.6 Å². The van der Waals surface area contributed by atoms with Crippen LogP contribution in [-0.4, -0.2) is 53.9 Å². The molecule has 7 unspecified atom stereocenters. The summed E-state index contributed by atoms with van der Waals surface area (Å²) in [7, 11) is 0. The summed E-state index contributed by atoms with van der Waals surface area (Å²) in [5.41, 5.74) is 6.40. The molecule has 0 aromatic carbocycles. The van der Waals surface area contributed by atoms with Crippen LogP contribution >= 0.6 is 0 Å². The van der Waals surface area contributed by atoms with Gasteiger partial charge in [0.2, 0.25) is 5.91 Å². The Bertz CT molecular complexity index is 617. The third kappa shape index (κ3) is 4.37. The lowest BCUT2D eigenvalue weighted by Crippen LogP contribution is -2.42. The Hall–Kier alpha value is -0.860. The summed E-state index contributed by atoms with van der Waals surface area (Å²) in [6.07, 6.45) is 2.00. The second kappa shape index (κ2) is 8.94. The second-order valence-corrected chi connectivity index (χ2v) is 10.2. The van der Waals surface area contributed by atoms with E-state index in [-0.39, 0.29) is 36.9 Å². The standard InChI is InChI=1S/C22H36F3N3O2/c1-13(8-20-15(12-29)10-26-27-20)14-4-2-5-16(9-14)28-11-18-17(21(28)30)6-3-7-19(18)22(23,24)25/h13-20,26-27,29H,2-12H2,1H3/t13-,14?,15?,16?,17?,18?,19?,20?/m1/s1. The van der Waals surface area contributed by atoms with Crippen LogP contribution in [-0.2, 0) is 4.79 Å². The molecule has 8 heteroatoms. The van der Waals surface area contributed by atoms with Crippen molar-refractivity contribution in [3.05, 3.63) is 0 Å². The Kier molecular flexibility index (Phi) is 6.66. The highest BCUT2D eigenvalue weighted by atomic mass is 19.4. The lowest BCUT2D eigenvalue weighted by molar-refractivity contribution is -0.198. The van der Waals surface area contributed by atoms with Crippen molar-refractivity contribution in [2.24, 2.45) is 35.5 Å². The predicted octanol–water partition coefficient (Wildman–Crippen LogP) is 3.09. The van der Waals surface area contributed by atoms with Crippen molar-refractivity contribution in [3.8, 4) is 0 Å².